The van der Waals surface area contributed by atoms with Gasteiger partial charge >= 0.3 is 0 Å². The van der Waals surface area contributed by atoms with Crippen molar-refractivity contribution in [3.05, 3.63) is 12.4 Å². The summed E-state index contributed by atoms with van der Waals surface area (Å²) in [6.45, 7) is 0. The van der Waals surface area contributed by atoms with Crippen molar-refractivity contribution in [2.24, 2.45) is 0 Å². The molecule has 0 fully saturated rings. The monoisotopic (exact) mass is 257 g/mol. The fourth-order valence-electron chi connectivity index (χ4n) is 0.823. The third kappa shape index (κ3) is 2.58. The minimum atomic E-state index is 0.406. The summed E-state index contributed by atoms with van der Waals surface area (Å²) >= 11 is 4.26. The Bertz CT molecular complexity index is 457. The predicted octanol–water partition coefficient (Wildman–Crippen LogP) is 1.78. The molecule has 2 aromatic rings. The number of nitrogens with zero attached hydrogens (tertiary/aromatic N) is 4. The fraction of sp³-hybridized carbons (Fsp3) is 0.143. The molecular weight excluding hydrogens is 250 g/mol. The highest BCUT2D eigenvalue weighted by Crippen LogP contribution is 2.29. The highest BCUT2D eigenvalue weighted by Gasteiger charge is 2.08. The highest BCUT2D eigenvalue weighted by atomic mass is 32.2. The average Bonchev–Trinajstić information content (AvgIpc) is 2.69. The lowest BCUT2D eigenvalue weighted by Gasteiger charge is -1.97. The van der Waals surface area contributed by atoms with Gasteiger partial charge in [-0.25, -0.2) is 15.0 Å². The van der Waals surface area contributed by atoms with E-state index in [-0.39, 0.29) is 0 Å². The number of thioether (sulfide) groups is 1. The maximum absolute atomic E-state index is 5.66. The van der Waals surface area contributed by atoms with Crippen LogP contribution in [0.15, 0.2) is 26.9 Å². The average molecular weight is 257 g/mol. The van der Waals surface area contributed by atoms with Crippen LogP contribution in [0, 0.1) is 0 Å². The van der Waals surface area contributed by atoms with E-state index in [0.29, 0.717) is 16.0 Å². The number of anilines is 1. The Morgan fingerprint density at radius 3 is 2.80 bits per heavy atom. The molecule has 8 heteroatoms. The number of hydrogen-bond acceptors (Lipinski definition) is 8. The Labute approximate surface area is 99.1 Å². The van der Waals surface area contributed by atoms with Crippen molar-refractivity contribution in [1.82, 2.24) is 19.3 Å². The third-order valence-electron chi connectivity index (χ3n) is 1.44. The molecule has 0 aromatic carbocycles. The van der Waals surface area contributed by atoms with Crippen LogP contribution in [-0.2, 0) is 0 Å². The first-order valence-corrected chi connectivity index (χ1v) is 6.73. The lowest BCUT2D eigenvalue weighted by atomic mass is 10.7. The molecular formula is C7H7N5S3. The van der Waals surface area contributed by atoms with Gasteiger partial charge in [0, 0.05) is 12.4 Å². The Kier molecular flexibility index (Phi) is 3.39. The second kappa shape index (κ2) is 4.77. The molecule has 2 aromatic heterocycles. The van der Waals surface area contributed by atoms with E-state index >= 15 is 0 Å². The summed E-state index contributed by atoms with van der Waals surface area (Å²) in [5.41, 5.74) is 5.66. The van der Waals surface area contributed by atoms with E-state index in [9.17, 15) is 0 Å². The number of hydrogen-bond donors (Lipinski definition) is 1. The van der Waals surface area contributed by atoms with Crippen molar-refractivity contribution in [1.29, 1.82) is 0 Å². The molecule has 0 aliphatic heterocycles. The molecule has 15 heavy (non-hydrogen) atoms. The zero-order valence-electron chi connectivity index (χ0n) is 7.75. The molecule has 0 atom stereocenters. The normalized spacial score (nSPS) is 10.5. The van der Waals surface area contributed by atoms with E-state index in [1.807, 2.05) is 6.26 Å². The third-order valence-corrected chi connectivity index (χ3v) is 4.11. The molecule has 0 spiro atoms. The molecule has 0 radical (unpaired) electrons. The van der Waals surface area contributed by atoms with E-state index in [1.54, 1.807) is 24.2 Å². The van der Waals surface area contributed by atoms with Gasteiger partial charge in [0.05, 0.1) is 0 Å². The summed E-state index contributed by atoms with van der Waals surface area (Å²) in [5, 5.41) is 1.31. The number of rotatable bonds is 3. The maximum Gasteiger partial charge on any atom is 0.207 e. The van der Waals surface area contributed by atoms with E-state index in [2.05, 4.69) is 19.3 Å². The van der Waals surface area contributed by atoms with Gasteiger partial charge in [0.1, 0.15) is 5.03 Å². The van der Waals surface area contributed by atoms with E-state index in [4.69, 9.17) is 5.73 Å². The number of aromatic nitrogens is 4. The number of nitrogens with two attached hydrogens (primary N) is 1. The number of nitrogen functional groups attached to an aromatic ring is 1. The van der Waals surface area contributed by atoms with Crippen molar-refractivity contribution in [2.45, 2.75) is 14.5 Å². The lowest BCUT2D eigenvalue weighted by molar-refractivity contribution is 1.00. The van der Waals surface area contributed by atoms with Crippen molar-refractivity contribution in [2.75, 3.05) is 12.0 Å². The van der Waals surface area contributed by atoms with Gasteiger partial charge in [-0.1, -0.05) is 11.8 Å². The molecule has 2 N–H and O–H groups in total. The topological polar surface area (TPSA) is 77.6 Å². The molecule has 2 rings (SSSR count). The van der Waals surface area contributed by atoms with Gasteiger partial charge in [-0.05, 0) is 29.6 Å². The second-order valence-corrected chi connectivity index (χ2v) is 5.16. The zero-order chi connectivity index (χ0) is 10.7. The lowest BCUT2D eigenvalue weighted by Crippen LogP contribution is -1.94. The Balaban J connectivity index is 2.18. The van der Waals surface area contributed by atoms with Crippen LogP contribution >= 0.6 is 35.1 Å². The van der Waals surface area contributed by atoms with E-state index < -0.39 is 0 Å². The summed E-state index contributed by atoms with van der Waals surface area (Å²) in [4.78, 5) is 12.3. The van der Waals surface area contributed by atoms with Crippen LogP contribution in [0.2, 0.25) is 0 Å². The molecule has 0 bridgehead atoms. The molecule has 0 unspecified atom stereocenters. The van der Waals surface area contributed by atoms with E-state index in [1.165, 1.54) is 23.3 Å². The van der Waals surface area contributed by atoms with Crippen molar-refractivity contribution in [3.8, 4) is 0 Å². The largest absolute Gasteiger partial charge is 0.381 e. The van der Waals surface area contributed by atoms with Crippen molar-refractivity contribution >= 4 is 40.9 Å². The standard InChI is InChI=1S/C7H7N5S3/c1-13-7-11-6(12-15-7)14-5-4(8)9-2-3-10-5/h2-3H,1H3,(H2,8,9). The first-order valence-electron chi connectivity index (χ1n) is 3.91. The summed E-state index contributed by atoms with van der Waals surface area (Å²) in [5.74, 6) is 0.406. The van der Waals surface area contributed by atoms with Gasteiger partial charge in [-0.15, -0.1) is 0 Å². The quantitative estimate of drug-likeness (QED) is 0.840. The Morgan fingerprint density at radius 1 is 1.33 bits per heavy atom. The smallest absolute Gasteiger partial charge is 0.207 e. The molecule has 0 aliphatic rings. The molecule has 2 heterocycles. The highest BCUT2D eigenvalue weighted by molar-refractivity contribution is 8.00. The SMILES string of the molecule is CSc1nc(Sc2nccnc2N)ns1. The van der Waals surface area contributed by atoms with Crippen LogP contribution in [0.4, 0.5) is 5.82 Å². The maximum atomic E-state index is 5.66. The Morgan fingerprint density at radius 2 is 2.13 bits per heavy atom. The molecule has 5 nitrogen and oxygen atoms in total. The van der Waals surface area contributed by atoms with Crippen LogP contribution in [0.5, 0.6) is 0 Å². The van der Waals surface area contributed by atoms with Crippen LogP contribution in [0.3, 0.4) is 0 Å². The first kappa shape index (κ1) is 10.7. The minimum absolute atomic E-state index is 0.406. The molecule has 78 valence electrons. The van der Waals surface area contributed by atoms with Gasteiger partial charge in [-0.2, -0.15) is 4.37 Å². The fourth-order valence-corrected chi connectivity index (χ4v) is 2.69. The van der Waals surface area contributed by atoms with Gasteiger partial charge in [-0.3, -0.25) is 0 Å². The second-order valence-electron chi connectivity index (χ2n) is 2.40. The first-order chi connectivity index (χ1) is 7.29. The summed E-state index contributed by atoms with van der Waals surface area (Å²) in [7, 11) is 0. The summed E-state index contributed by atoms with van der Waals surface area (Å²) in [6, 6.07) is 0. The van der Waals surface area contributed by atoms with Gasteiger partial charge < -0.3 is 5.73 Å². The van der Waals surface area contributed by atoms with Crippen LogP contribution in [0.1, 0.15) is 0 Å². The van der Waals surface area contributed by atoms with Crippen LogP contribution < -0.4 is 5.73 Å². The molecule has 0 saturated carbocycles. The molecule has 0 amide bonds. The van der Waals surface area contributed by atoms with Gasteiger partial charge in [0.15, 0.2) is 10.2 Å². The predicted molar refractivity (Wildman–Crippen MR) is 62.3 cm³/mol. The van der Waals surface area contributed by atoms with Crippen molar-refractivity contribution in [3.63, 3.8) is 0 Å². The van der Waals surface area contributed by atoms with Gasteiger partial charge in [0.25, 0.3) is 0 Å². The summed E-state index contributed by atoms with van der Waals surface area (Å²) < 4.78 is 5.10. The van der Waals surface area contributed by atoms with Gasteiger partial charge in [0.2, 0.25) is 5.16 Å². The zero-order valence-corrected chi connectivity index (χ0v) is 10.2. The van der Waals surface area contributed by atoms with Crippen LogP contribution in [0.25, 0.3) is 0 Å². The molecule has 0 aliphatic carbocycles. The van der Waals surface area contributed by atoms with E-state index in [0.717, 1.165) is 4.34 Å². The van der Waals surface area contributed by atoms with Crippen LogP contribution in [-0.4, -0.2) is 25.6 Å². The minimum Gasteiger partial charge on any atom is -0.381 e. The molecule has 0 saturated heterocycles. The summed E-state index contributed by atoms with van der Waals surface area (Å²) in [6.07, 6.45) is 5.12. The van der Waals surface area contributed by atoms with Crippen molar-refractivity contribution < 1.29 is 0 Å². The Hall–Kier alpha value is -0.860.